The van der Waals surface area contributed by atoms with Gasteiger partial charge in [-0.2, -0.15) is 0 Å². The van der Waals surface area contributed by atoms with Crippen LogP contribution in [0.1, 0.15) is 25.7 Å². The first-order valence-electron chi connectivity index (χ1n) is 6.98. The predicted molar refractivity (Wildman–Crippen MR) is 77.5 cm³/mol. The van der Waals surface area contributed by atoms with Gasteiger partial charge in [-0.3, -0.25) is 0 Å². The zero-order valence-corrected chi connectivity index (χ0v) is 11.9. The first-order valence-corrected chi connectivity index (χ1v) is 7.36. The van der Waals surface area contributed by atoms with Gasteiger partial charge in [-0.1, -0.05) is 24.6 Å². The van der Waals surface area contributed by atoms with Crippen molar-refractivity contribution in [2.24, 2.45) is 11.8 Å². The molecule has 2 aromatic rings. The second-order valence-electron chi connectivity index (χ2n) is 5.48. The van der Waals surface area contributed by atoms with E-state index in [0.29, 0.717) is 16.5 Å². The molecule has 102 valence electrons. The van der Waals surface area contributed by atoms with Crippen LogP contribution in [0.2, 0.25) is 5.02 Å². The van der Waals surface area contributed by atoms with Crippen LogP contribution in [-0.4, -0.2) is 18.1 Å². The number of hydrogen-bond donors (Lipinski definition) is 1. The van der Waals surface area contributed by atoms with Crippen LogP contribution in [0.3, 0.4) is 0 Å². The van der Waals surface area contributed by atoms with E-state index in [1.807, 2.05) is 18.2 Å². The molecule has 2 unspecified atom stereocenters. The van der Waals surface area contributed by atoms with Crippen molar-refractivity contribution < 1.29 is 4.42 Å². The number of fused-ring (bicyclic) bond motifs is 1. The molecule has 1 aliphatic rings. The Morgan fingerprint density at radius 3 is 3.16 bits per heavy atom. The van der Waals surface area contributed by atoms with Gasteiger partial charge in [0.05, 0.1) is 5.02 Å². The molecular weight excluding hydrogens is 260 g/mol. The minimum atomic E-state index is 0.583. The molecule has 2 atom stereocenters. The van der Waals surface area contributed by atoms with Crippen LogP contribution in [0.25, 0.3) is 11.1 Å². The Labute approximate surface area is 118 Å². The zero-order chi connectivity index (χ0) is 13.2. The number of hydrogen-bond acceptors (Lipinski definition) is 3. The normalized spacial score (nSPS) is 21.7. The number of rotatable bonds is 3. The number of piperidine rings is 1. The van der Waals surface area contributed by atoms with Crippen LogP contribution in [0, 0.1) is 11.8 Å². The first kappa shape index (κ1) is 12.9. The van der Waals surface area contributed by atoms with Gasteiger partial charge in [0.25, 0.3) is 0 Å². The molecule has 0 spiro atoms. The Morgan fingerprint density at radius 1 is 1.53 bits per heavy atom. The van der Waals surface area contributed by atoms with E-state index >= 15 is 0 Å². The van der Waals surface area contributed by atoms with Crippen molar-refractivity contribution in [3.05, 3.63) is 29.1 Å². The molecule has 3 nitrogen and oxygen atoms in total. The molecule has 2 heterocycles. The SMILES string of the molecule is CC(Cc1nc2cccc(Cl)c2o1)C1CCCNC1. The minimum Gasteiger partial charge on any atom is -0.439 e. The van der Waals surface area contributed by atoms with Gasteiger partial charge in [-0.05, 0) is 49.9 Å². The summed E-state index contributed by atoms with van der Waals surface area (Å²) in [6.07, 6.45) is 3.46. The second-order valence-corrected chi connectivity index (χ2v) is 5.89. The van der Waals surface area contributed by atoms with Crippen molar-refractivity contribution in [1.29, 1.82) is 0 Å². The maximum absolute atomic E-state index is 6.11. The molecule has 0 aliphatic carbocycles. The minimum absolute atomic E-state index is 0.583. The van der Waals surface area contributed by atoms with Gasteiger partial charge in [0, 0.05) is 6.42 Å². The molecule has 1 aromatic carbocycles. The summed E-state index contributed by atoms with van der Waals surface area (Å²) < 4.78 is 5.80. The average molecular weight is 279 g/mol. The number of nitrogens with one attached hydrogen (secondary N) is 1. The molecule has 1 aliphatic heterocycles. The summed E-state index contributed by atoms with van der Waals surface area (Å²) >= 11 is 6.11. The van der Waals surface area contributed by atoms with Crippen LogP contribution in [0.4, 0.5) is 0 Å². The van der Waals surface area contributed by atoms with E-state index in [0.717, 1.165) is 36.8 Å². The number of aromatic nitrogens is 1. The molecule has 3 rings (SSSR count). The summed E-state index contributed by atoms with van der Waals surface area (Å²) in [4.78, 5) is 4.54. The third kappa shape index (κ3) is 2.77. The molecular formula is C15H19ClN2O. The van der Waals surface area contributed by atoms with Crippen LogP contribution in [0.5, 0.6) is 0 Å². The summed E-state index contributed by atoms with van der Waals surface area (Å²) in [5.74, 6) is 2.11. The number of oxazole rings is 1. The second kappa shape index (κ2) is 5.51. The van der Waals surface area contributed by atoms with E-state index < -0.39 is 0 Å². The molecule has 19 heavy (non-hydrogen) atoms. The van der Waals surface area contributed by atoms with Crippen molar-refractivity contribution >= 4 is 22.7 Å². The lowest BCUT2D eigenvalue weighted by molar-refractivity contribution is 0.267. The summed E-state index contributed by atoms with van der Waals surface area (Å²) in [5, 5.41) is 4.11. The van der Waals surface area contributed by atoms with Crippen molar-refractivity contribution in [1.82, 2.24) is 10.3 Å². The summed E-state index contributed by atoms with van der Waals surface area (Å²) in [6, 6.07) is 5.69. The van der Waals surface area contributed by atoms with Crippen molar-refractivity contribution in [2.45, 2.75) is 26.2 Å². The largest absolute Gasteiger partial charge is 0.439 e. The Kier molecular flexibility index (Phi) is 3.76. The van der Waals surface area contributed by atoms with Crippen LogP contribution in [-0.2, 0) is 6.42 Å². The molecule has 0 bridgehead atoms. The molecule has 0 amide bonds. The molecule has 1 saturated heterocycles. The van der Waals surface area contributed by atoms with E-state index in [4.69, 9.17) is 16.0 Å². The van der Waals surface area contributed by atoms with Crippen LogP contribution < -0.4 is 5.32 Å². The van der Waals surface area contributed by atoms with Crippen LogP contribution >= 0.6 is 11.6 Å². The molecule has 0 saturated carbocycles. The van der Waals surface area contributed by atoms with E-state index in [9.17, 15) is 0 Å². The van der Waals surface area contributed by atoms with Crippen molar-refractivity contribution in [3.8, 4) is 0 Å². The first-order chi connectivity index (χ1) is 9.24. The Bertz CT molecular complexity index is 560. The lowest BCUT2D eigenvalue weighted by atomic mass is 9.85. The quantitative estimate of drug-likeness (QED) is 0.931. The molecule has 4 heteroatoms. The highest BCUT2D eigenvalue weighted by Crippen LogP contribution is 2.27. The van der Waals surface area contributed by atoms with Gasteiger partial charge in [-0.15, -0.1) is 0 Å². The average Bonchev–Trinajstić information content (AvgIpc) is 2.84. The van der Waals surface area contributed by atoms with Gasteiger partial charge in [0.1, 0.15) is 5.52 Å². The topological polar surface area (TPSA) is 38.1 Å². The molecule has 1 N–H and O–H groups in total. The van der Waals surface area contributed by atoms with E-state index in [2.05, 4.69) is 17.2 Å². The van der Waals surface area contributed by atoms with E-state index in [1.165, 1.54) is 12.8 Å². The van der Waals surface area contributed by atoms with Gasteiger partial charge in [0.15, 0.2) is 11.5 Å². The molecule has 1 fully saturated rings. The Balaban J connectivity index is 1.75. The summed E-state index contributed by atoms with van der Waals surface area (Å²) in [7, 11) is 0. The van der Waals surface area contributed by atoms with Gasteiger partial charge >= 0.3 is 0 Å². The summed E-state index contributed by atoms with van der Waals surface area (Å²) in [5.41, 5.74) is 1.57. The van der Waals surface area contributed by atoms with Crippen molar-refractivity contribution in [2.75, 3.05) is 13.1 Å². The number of benzene rings is 1. The highest BCUT2D eigenvalue weighted by molar-refractivity contribution is 6.34. The fourth-order valence-corrected chi connectivity index (χ4v) is 3.06. The number of para-hydroxylation sites is 1. The summed E-state index contributed by atoms with van der Waals surface area (Å²) in [6.45, 7) is 4.55. The smallest absolute Gasteiger partial charge is 0.195 e. The Morgan fingerprint density at radius 2 is 2.42 bits per heavy atom. The number of nitrogens with zero attached hydrogens (tertiary/aromatic N) is 1. The van der Waals surface area contributed by atoms with Crippen LogP contribution in [0.15, 0.2) is 22.6 Å². The standard InChI is InChI=1S/C15H19ClN2O/c1-10(11-4-3-7-17-9-11)8-14-18-13-6-2-5-12(16)15(13)19-14/h2,5-6,10-11,17H,3-4,7-9H2,1H3. The third-order valence-corrected chi connectivity index (χ3v) is 4.35. The number of halogens is 1. The predicted octanol–water partition coefficient (Wildman–Crippen LogP) is 3.66. The highest BCUT2D eigenvalue weighted by atomic mass is 35.5. The Hall–Kier alpha value is -1.06. The van der Waals surface area contributed by atoms with E-state index in [1.54, 1.807) is 0 Å². The fourth-order valence-electron chi connectivity index (χ4n) is 2.86. The van der Waals surface area contributed by atoms with Crippen molar-refractivity contribution in [3.63, 3.8) is 0 Å². The third-order valence-electron chi connectivity index (χ3n) is 4.05. The zero-order valence-electron chi connectivity index (χ0n) is 11.2. The maximum Gasteiger partial charge on any atom is 0.195 e. The lowest BCUT2D eigenvalue weighted by Crippen LogP contribution is -2.33. The molecule has 0 radical (unpaired) electrons. The molecule has 1 aromatic heterocycles. The highest BCUT2D eigenvalue weighted by Gasteiger charge is 2.22. The van der Waals surface area contributed by atoms with Gasteiger partial charge in [0.2, 0.25) is 0 Å². The van der Waals surface area contributed by atoms with Gasteiger partial charge < -0.3 is 9.73 Å². The maximum atomic E-state index is 6.11. The van der Waals surface area contributed by atoms with Gasteiger partial charge in [-0.25, -0.2) is 4.98 Å². The van der Waals surface area contributed by atoms with E-state index in [-0.39, 0.29) is 0 Å². The monoisotopic (exact) mass is 278 g/mol. The fraction of sp³-hybridized carbons (Fsp3) is 0.533. The lowest BCUT2D eigenvalue weighted by Gasteiger charge is -2.27.